The molecule has 0 saturated heterocycles. The molecule has 3 heteroatoms. The number of carbonyl (C=O) groups is 1. The Balaban J connectivity index is 3.45. The van der Waals surface area contributed by atoms with E-state index in [0.29, 0.717) is 0 Å². The molecule has 0 aliphatic heterocycles. The Labute approximate surface area is 34.0 Å². The molecule has 1 radical (unpaired) electrons. The Morgan fingerprint density at radius 1 is 1.67 bits per heavy atom. The van der Waals surface area contributed by atoms with E-state index in [0.717, 1.165) is 0 Å². The number of alkyl halides is 2. The molecule has 0 aromatic rings. The summed E-state index contributed by atoms with van der Waals surface area (Å²) in [6.45, 7) is 2.19. The van der Waals surface area contributed by atoms with Crippen molar-refractivity contribution >= 4 is 6.29 Å². The van der Waals surface area contributed by atoms with Crippen molar-refractivity contribution in [3.8, 4) is 0 Å². The molecule has 0 bridgehead atoms. The molecule has 0 N–H and O–H groups in total. The molecule has 35 valence electrons. The van der Waals surface area contributed by atoms with Crippen molar-refractivity contribution in [2.24, 2.45) is 0 Å². The zero-order valence-electron chi connectivity index (χ0n) is 2.95. The highest BCUT2D eigenvalue weighted by molar-refractivity contribution is 5.60. The van der Waals surface area contributed by atoms with Gasteiger partial charge in [-0.1, -0.05) is 0 Å². The van der Waals surface area contributed by atoms with E-state index in [1.54, 1.807) is 0 Å². The lowest BCUT2D eigenvalue weighted by Gasteiger charge is -1.92. The van der Waals surface area contributed by atoms with E-state index in [1.165, 1.54) is 0 Å². The molecule has 0 aliphatic rings. The summed E-state index contributed by atoms with van der Waals surface area (Å²) in [6.07, 6.45) is -0.507. The van der Waals surface area contributed by atoms with Gasteiger partial charge in [-0.3, -0.25) is 4.79 Å². The predicted molar refractivity (Wildman–Crippen MR) is 16.4 cm³/mol. The topological polar surface area (TPSA) is 17.1 Å². The minimum Gasteiger partial charge on any atom is -0.297 e. The van der Waals surface area contributed by atoms with E-state index < -0.39 is 12.2 Å². The van der Waals surface area contributed by atoms with Gasteiger partial charge in [-0.05, 0) is 0 Å². The Kier molecular flexibility index (Phi) is 1.22. The van der Waals surface area contributed by atoms with Gasteiger partial charge in [-0.25, -0.2) is 0 Å². The van der Waals surface area contributed by atoms with E-state index in [2.05, 4.69) is 6.92 Å². The average molecular weight is 93.1 g/mol. The molecule has 0 unspecified atom stereocenters. The van der Waals surface area contributed by atoms with Gasteiger partial charge in [0.15, 0.2) is 6.29 Å². The van der Waals surface area contributed by atoms with Gasteiger partial charge in [0.05, 0.1) is 0 Å². The minimum atomic E-state index is -3.39. The number of halogens is 2. The van der Waals surface area contributed by atoms with Crippen LogP contribution in [-0.4, -0.2) is 12.2 Å². The number of hydrogen-bond donors (Lipinski definition) is 0. The van der Waals surface area contributed by atoms with Crippen LogP contribution in [0.25, 0.3) is 0 Å². The Bertz CT molecular complexity index is 54.3. The lowest BCUT2D eigenvalue weighted by atomic mass is 10.5. The fourth-order valence-corrected chi connectivity index (χ4v) is 0. The summed E-state index contributed by atoms with van der Waals surface area (Å²) in [7, 11) is 0. The second-order valence-electron chi connectivity index (χ2n) is 0.879. The Morgan fingerprint density at radius 2 is 1.83 bits per heavy atom. The summed E-state index contributed by atoms with van der Waals surface area (Å²) < 4.78 is 21.9. The summed E-state index contributed by atoms with van der Waals surface area (Å²) >= 11 is 0. The van der Waals surface area contributed by atoms with Crippen LogP contribution in [0.1, 0.15) is 0 Å². The maximum absolute atomic E-state index is 11.0. The van der Waals surface area contributed by atoms with Crippen LogP contribution < -0.4 is 0 Å². The molecule has 0 aliphatic carbocycles. The maximum atomic E-state index is 11.0. The van der Waals surface area contributed by atoms with Crippen molar-refractivity contribution < 1.29 is 13.6 Å². The standard InChI is InChI=1S/C3H3F2O/c1-3(4,5)2-6/h2H,1H2. The minimum absolute atomic E-state index is 0.507. The van der Waals surface area contributed by atoms with Gasteiger partial charge >= 0.3 is 5.92 Å². The van der Waals surface area contributed by atoms with Crippen LogP contribution in [-0.2, 0) is 4.79 Å². The fraction of sp³-hybridized carbons (Fsp3) is 0.333. The highest BCUT2D eigenvalue weighted by Gasteiger charge is 2.17. The summed E-state index contributed by atoms with van der Waals surface area (Å²) in [6, 6.07) is 0. The van der Waals surface area contributed by atoms with Crippen molar-refractivity contribution in [3.05, 3.63) is 6.92 Å². The van der Waals surface area contributed by atoms with Gasteiger partial charge in [0, 0.05) is 6.92 Å². The quantitative estimate of drug-likeness (QED) is 0.435. The van der Waals surface area contributed by atoms with E-state index >= 15 is 0 Å². The second kappa shape index (κ2) is 1.32. The lowest BCUT2D eigenvalue weighted by Crippen LogP contribution is -2.10. The first-order valence-electron chi connectivity index (χ1n) is 1.26. The molecule has 1 nitrogen and oxygen atoms in total. The third kappa shape index (κ3) is 3.53. The molecule has 0 fully saturated rings. The summed E-state index contributed by atoms with van der Waals surface area (Å²) in [4.78, 5) is 9.01. The molecule has 0 heterocycles. The average Bonchev–Trinajstić information content (AvgIpc) is 1.35. The second-order valence-corrected chi connectivity index (χ2v) is 0.879. The smallest absolute Gasteiger partial charge is 0.297 e. The maximum Gasteiger partial charge on any atom is 0.302 e. The largest absolute Gasteiger partial charge is 0.302 e. The first-order valence-corrected chi connectivity index (χ1v) is 1.26. The molecule has 0 rings (SSSR count). The van der Waals surface area contributed by atoms with Crippen LogP contribution in [0.5, 0.6) is 0 Å². The molecule has 0 spiro atoms. The van der Waals surface area contributed by atoms with Crippen LogP contribution >= 0.6 is 0 Å². The van der Waals surface area contributed by atoms with Gasteiger partial charge in [-0.15, -0.1) is 0 Å². The molecule has 0 aromatic heterocycles. The molecule has 0 atom stereocenters. The molecule has 6 heavy (non-hydrogen) atoms. The van der Waals surface area contributed by atoms with Gasteiger partial charge < -0.3 is 0 Å². The molecular weight excluding hydrogens is 90.0 g/mol. The van der Waals surface area contributed by atoms with Crippen molar-refractivity contribution in [1.82, 2.24) is 0 Å². The molecule has 0 amide bonds. The Hall–Kier alpha value is -0.470. The van der Waals surface area contributed by atoms with Gasteiger partial charge in [0.1, 0.15) is 0 Å². The zero-order chi connectivity index (χ0) is 5.21. The van der Waals surface area contributed by atoms with Crippen LogP contribution in [0.15, 0.2) is 0 Å². The monoisotopic (exact) mass is 93.0 g/mol. The van der Waals surface area contributed by atoms with Gasteiger partial charge in [0.25, 0.3) is 0 Å². The number of hydrogen-bond acceptors (Lipinski definition) is 1. The van der Waals surface area contributed by atoms with Crippen molar-refractivity contribution in [2.45, 2.75) is 5.92 Å². The van der Waals surface area contributed by atoms with Gasteiger partial charge in [0.2, 0.25) is 0 Å². The van der Waals surface area contributed by atoms with Crippen LogP contribution in [0, 0.1) is 6.92 Å². The highest BCUT2D eigenvalue weighted by Crippen LogP contribution is 2.03. The van der Waals surface area contributed by atoms with E-state index in [9.17, 15) is 8.78 Å². The van der Waals surface area contributed by atoms with Crippen molar-refractivity contribution in [1.29, 1.82) is 0 Å². The lowest BCUT2D eigenvalue weighted by molar-refractivity contribution is -0.123. The Morgan fingerprint density at radius 3 is 1.83 bits per heavy atom. The third-order valence-electron chi connectivity index (χ3n) is 0.172. The van der Waals surface area contributed by atoms with E-state index in [4.69, 9.17) is 4.79 Å². The SMILES string of the molecule is [CH2]C(F)(F)C=O. The fourth-order valence-electron chi connectivity index (χ4n) is 0. The zero-order valence-corrected chi connectivity index (χ0v) is 2.95. The first kappa shape index (κ1) is 5.53. The first-order chi connectivity index (χ1) is 2.56. The summed E-state index contributed by atoms with van der Waals surface area (Å²) in [5, 5.41) is 0. The number of aldehydes is 1. The molecule has 0 saturated carbocycles. The molecular formula is C3H3F2O. The predicted octanol–water partition coefficient (Wildman–Crippen LogP) is 0.655. The van der Waals surface area contributed by atoms with Crippen LogP contribution in [0.2, 0.25) is 0 Å². The van der Waals surface area contributed by atoms with Crippen molar-refractivity contribution in [2.75, 3.05) is 0 Å². The molecule has 0 aromatic carbocycles. The normalized spacial score (nSPS) is 11.2. The van der Waals surface area contributed by atoms with Crippen molar-refractivity contribution in [3.63, 3.8) is 0 Å². The summed E-state index contributed by atoms with van der Waals surface area (Å²) in [5.74, 6) is -3.39. The van der Waals surface area contributed by atoms with Crippen LogP contribution in [0.4, 0.5) is 8.78 Å². The number of rotatable bonds is 1. The van der Waals surface area contributed by atoms with E-state index in [-0.39, 0.29) is 0 Å². The van der Waals surface area contributed by atoms with Crippen LogP contribution in [0.3, 0.4) is 0 Å². The number of carbonyl (C=O) groups excluding carboxylic acids is 1. The third-order valence-corrected chi connectivity index (χ3v) is 0.172. The van der Waals surface area contributed by atoms with E-state index in [1.807, 2.05) is 0 Å². The summed E-state index contributed by atoms with van der Waals surface area (Å²) in [5.41, 5.74) is 0. The highest BCUT2D eigenvalue weighted by atomic mass is 19.3. The van der Waals surface area contributed by atoms with Gasteiger partial charge in [-0.2, -0.15) is 8.78 Å².